The molecule has 0 saturated heterocycles. The highest BCUT2D eigenvalue weighted by molar-refractivity contribution is 5.14. The van der Waals surface area contributed by atoms with E-state index in [1.54, 1.807) is 12.8 Å². The van der Waals surface area contributed by atoms with Crippen molar-refractivity contribution in [2.75, 3.05) is 6.54 Å². The molecule has 0 aromatic heterocycles. The molecule has 0 bridgehead atoms. The lowest BCUT2D eigenvalue weighted by atomic mass is 9.38. The standard InChI is InChI=1S/C10H17N/c1-2-11-9-5-8-6-3-4-7(6)10(8)9/h6-11H,2-5H2,1H3. The molecule has 0 heterocycles. The van der Waals surface area contributed by atoms with Crippen LogP contribution >= 0.6 is 0 Å². The first-order valence-corrected chi connectivity index (χ1v) is 5.15. The van der Waals surface area contributed by atoms with E-state index in [2.05, 4.69) is 12.2 Å². The Morgan fingerprint density at radius 3 is 2.55 bits per heavy atom. The summed E-state index contributed by atoms with van der Waals surface area (Å²) in [5.74, 6) is 4.64. The Morgan fingerprint density at radius 1 is 1.18 bits per heavy atom. The van der Waals surface area contributed by atoms with Crippen LogP contribution in [0.25, 0.3) is 0 Å². The summed E-state index contributed by atoms with van der Waals surface area (Å²) in [4.78, 5) is 0. The van der Waals surface area contributed by atoms with Gasteiger partial charge in [-0.25, -0.2) is 0 Å². The van der Waals surface area contributed by atoms with Gasteiger partial charge in [0.1, 0.15) is 0 Å². The number of hydrogen-bond acceptors (Lipinski definition) is 1. The van der Waals surface area contributed by atoms with Crippen LogP contribution in [0.5, 0.6) is 0 Å². The third kappa shape index (κ3) is 0.618. The van der Waals surface area contributed by atoms with Gasteiger partial charge < -0.3 is 5.32 Å². The number of rotatable bonds is 2. The van der Waals surface area contributed by atoms with E-state index in [-0.39, 0.29) is 0 Å². The minimum Gasteiger partial charge on any atom is -0.314 e. The Hall–Kier alpha value is -0.0400. The lowest BCUT2D eigenvalue weighted by Gasteiger charge is -2.69. The second kappa shape index (κ2) is 2.01. The summed E-state index contributed by atoms with van der Waals surface area (Å²) in [5.41, 5.74) is 0. The minimum atomic E-state index is 0.923. The van der Waals surface area contributed by atoms with Gasteiger partial charge in [0.05, 0.1) is 0 Å². The zero-order valence-corrected chi connectivity index (χ0v) is 7.22. The molecular weight excluding hydrogens is 134 g/mol. The van der Waals surface area contributed by atoms with Gasteiger partial charge in [-0.05, 0) is 49.5 Å². The summed E-state index contributed by atoms with van der Waals surface area (Å²) >= 11 is 0. The lowest BCUT2D eigenvalue weighted by Crippen LogP contribution is -2.68. The van der Waals surface area contributed by atoms with Crippen molar-refractivity contribution in [1.29, 1.82) is 0 Å². The fraction of sp³-hybridized carbons (Fsp3) is 1.00. The van der Waals surface area contributed by atoms with Crippen molar-refractivity contribution in [1.82, 2.24) is 5.32 Å². The summed E-state index contributed by atoms with van der Waals surface area (Å²) in [6, 6.07) is 0.923. The molecule has 5 atom stereocenters. The van der Waals surface area contributed by atoms with Crippen molar-refractivity contribution in [3.8, 4) is 0 Å². The molecule has 5 unspecified atom stereocenters. The molecule has 0 aromatic rings. The molecule has 62 valence electrons. The van der Waals surface area contributed by atoms with Gasteiger partial charge in [-0.1, -0.05) is 6.92 Å². The van der Waals surface area contributed by atoms with Crippen molar-refractivity contribution < 1.29 is 0 Å². The Morgan fingerprint density at radius 2 is 2.00 bits per heavy atom. The van der Waals surface area contributed by atoms with Crippen LogP contribution in [0.1, 0.15) is 26.2 Å². The lowest BCUT2D eigenvalue weighted by molar-refractivity contribution is -0.185. The molecule has 0 aliphatic heterocycles. The summed E-state index contributed by atoms with van der Waals surface area (Å²) in [5, 5.41) is 3.60. The predicted octanol–water partition coefficient (Wildman–Crippen LogP) is 1.64. The Bertz CT molecular complexity index is 172. The van der Waals surface area contributed by atoms with Gasteiger partial charge in [-0.15, -0.1) is 0 Å². The summed E-state index contributed by atoms with van der Waals surface area (Å²) in [6.07, 6.45) is 4.61. The highest BCUT2D eigenvalue weighted by Crippen LogP contribution is 2.66. The smallest absolute Gasteiger partial charge is 0.0104 e. The van der Waals surface area contributed by atoms with Crippen molar-refractivity contribution in [2.45, 2.75) is 32.2 Å². The first-order chi connectivity index (χ1) is 5.42. The molecule has 11 heavy (non-hydrogen) atoms. The Kier molecular flexibility index (Phi) is 1.18. The monoisotopic (exact) mass is 151 g/mol. The topological polar surface area (TPSA) is 12.0 Å². The van der Waals surface area contributed by atoms with E-state index >= 15 is 0 Å². The van der Waals surface area contributed by atoms with E-state index < -0.39 is 0 Å². The summed E-state index contributed by atoms with van der Waals surface area (Å²) in [7, 11) is 0. The largest absolute Gasteiger partial charge is 0.314 e. The molecule has 3 fully saturated rings. The van der Waals surface area contributed by atoms with Crippen LogP contribution < -0.4 is 5.32 Å². The Balaban J connectivity index is 1.62. The van der Waals surface area contributed by atoms with E-state index in [1.165, 1.54) is 18.9 Å². The normalized spacial score (nSPS) is 58.1. The minimum absolute atomic E-state index is 0.923. The average molecular weight is 151 g/mol. The van der Waals surface area contributed by atoms with Crippen LogP contribution in [0.15, 0.2) is 0 Å². The highest BCUT2D eigenvalue weighted by Gasteiger charge is 2.63. The second-order valence-corrected chi connectivity index (χ2v) is 4.55. The van der Waals surface area contributed by atoms with Crippen molar-refractivity contribution >= 4 is 0 Å². The molecular formula is C10H17N. The Labute approximate surface area is 68.6 Å². The third-order valence-corrected chi connectivity index (χ3v) is 4.38. The van der Waals surface area contributed by atoms with E-state index in [0.717, 1.165) is 23.8 Å². The van der Waals surface area contributed by atoms with Gasteiger partial charge in [0, 0.05) is 6.04 Å². The molecule has 3 aliphatic rings. The molecule has 3 saturated carbocycles. The van der Waals surface area contributed by atoms with Crippen molar-refractivity contribution in [3.05, 3.63) is 0 Å². The van der Waals surface area contributed by atoms with Gasteiger partial charge >= 0.3 is 0 Å². The zero-order valence-electron chi connectivity index (χ0n) is 7.22. The summed E-state index contributed by atoms with van der Waals surface area (Å²) < 4.78 is 0. The van der Waals surface area contributed by atoms with Gasteiger partial charge in [-0.3, -0.25) is 0 Å². The maximum atomic E-state index is 3.60. The highest BCUT2D eigenvalue weighted by atomic mass is 15.0. The van der Waals surface area contributed by atoms with Crippen LogP contribution in [0.4, 0.5) is 0 Å². The molecule has 3 aliphatic carbocycles. The SMILES string of the molecule is CCNC1CC2C3CCC3C12. The quantitative estimate of drug-likeness (QED) is 0.632. The van der Waals surface area contributed by atoms with Crippen LogP contribution in [-0.4, -0.2) is 12.6 Å². The van der Waals surface area contributed by atoms with Crippen molar-refractivity contribution in [3.63, 3.8) is 0 Å². The van der Waals surface area contributed by atoms with Gasteiger partial charge in [-0.2, -0.15) is 0 Å². The van der Waals surface area contributed by atoms with Crippen LogP contribution in [-0.2, 0) is 0 Å². The van der Waals surface area contributed by atoms with Crippen LogP contribution in [0.3, 0.4) is 0 Å². The van der Waals surface area contributed by atoms with Gasteiger partial charge in [0.2, 0.25) is 0 Å². The maximum Gasteiger partial charge on any atom is 0.0104 e. The summed E-state index contributed by atoms with van der Waals surface area (Å²) in [6.45, 7) is 3.40. The van der Waals surface area contributed by atoms with Gasteiger partial charge in [0.15, 0.2) is 0 Å². The molecule has 1 heteroatoms. The van der Waals surface area contributed by atoms with E-state index in [1.807, 2.05) is 0 Å². The average Bonchev–Trinajstić information content (AvgIpc) is 1.96. The molecule has 1 N–H and O–H groups in total. The van der Waals surface area contributed by atoms with E-state index in [9.17, 15) is 0 Å². The molecule has 1 nitrogen and oxygen atoms in total. The van der Waals surface area contributed by atoms with Crippen LogP contribution in [0.2, 0.25) is 0 Å². The third-order valence-electron chi connectivity index (χ3n) is 4.38. The molecule has 3 rings (SSSR count). The van der Waals surface area contributed by atoms with Crippen molar-refractivity contribution in [2.24, 2.45) is 23.7 Å². The second-order valence-electron chi connectivity index (χ2n) is 4.55. The van der Waals surface area contributed by atoms with E-state index in [0.29, 0.717) is 0 Å². The number of fused-ring (bicyclic) bond motifs is 4. The first kappa shape index (κ1) is 6.47. The predicted molar refractivity (Wildman–Crippen MR) is 45.3 cm³/mol. The molecule has 0 amide bonds. The van der Waals surface area contributed by atoms with Crippen LogP contribution in [0, 0.1) is 23.7 Å². The van der Waals surface area contributed by atoms with Gasteiger partial charge in [0.25, 0.3) is 0 Å². The van der Waals surface area contributed by atoms with E-state index in [4.69, 9.17) is 0 Å². The molecule has 0 aromatic carbocycles. The maximum absolute atomic E-state index is 3.60. The molecule has 0 spiro atoms. The molecule has 0 radical (unpaired) electrons. The number of hydrogen-bond donors (Lipinski definition) is 1. The fourth-order valence-electron chi connectivity index (χ4n) is 3.68. The zero-order chi connectivity index (χ0) is 7.42. The number of nitrogens with one attached hydrogen (secondary N) is 1. The fourth-order valence-corrected chi connectivity index (χ4v) is 3.68. The first-order valence-electron chi connectivity index (χ1n) is 5.15.